The Balaban J connectivity index is 1.79. The van der Waals surface area contributed by atoms with Crippen LogP contribution in [0.25, 0.3) is 10.2 Å². The number of thiophene rings is 1. The Hall–Kier alpha value is -1.26. The van der Waals surface area contributed by atoms with Crippen molar-refractivity contribution in [3.63, 3.8) is 0 Å². The molecule has 5 nitrogen and oxygen atoms in total. The van der Waals surface area contributed by atoms with Crippen LogP contribution in [-0.4, -0.2) is 40.7 Å². The molecule has 19 heavy (non-hydrogen) atoms. The first-order valence-corrected chi connectivity index (χ1v) is 7.15. The molecule has 2 aromatic rings. The van der Waals surface area contributed by atoms with E-state index in [0.29, 0.717) is 30.7 Å². The van der Waals surface area contributed by atoms with Crippen LogP contribution in [0.1, 0.15) is 5.82 Å². The van der Waals surface area contributed by atoms with Crippen molar-refractivity contribution in [2.45, 2.75) is 12.6 Å². The second-order valence-electron chi connectivity index (χ2n) is 4.29. The summed E-state index contributed by atoms with van der Waals surface area (Å²) < 4.78 is 5.31. The smallest absolute Gasteiger partial charge is 0.156 e. The maximum absolute atomic E-state index is 8.88. The van der Waals surface area contributed by atoms with Crippen LogP contribution in [0, 0.1) is 11.3 Å². The van der Waals surface area contributed by atoms with E-state index in [4.69, 9.17) is 21.6 Å². The fraction of sp³-hybridized carbons (Fsp3) is 0.417. The highest BCUT2D eigenvalue weighted by atomic mass is 35.5. The molecular weight excluding hydrogens is 284 g/mol. The number of morpholine rings is 1. The number of ether oxygens (including phenoxy) is 1. The van der Waals surface area contributed by atoms with Gasteiger partial charge in [-0.1, -0.05) is 11.6 Å². The zero-order valence-electron chi connectivity index (χ0n) is 10.0. The van der Waals surface area contributed by atoms with Gasteiger partial charge in [0, 0.05) is 18.5 Å². The molecule has 0 aromatic carbocycles. The number of fused-ring (bicyclic) bond motifs is 1. The molecule has 0 amide bonds. The van der Waals surface area contributed by atoms with Crippen molar-refractivity contribution >= 4 is 33.2 Å². The molecule has 1 aliphatic heterocycles. The van der Waals surface area contributed by atoms with Gasteiger partial charge in [-0.3, -0.25) is 4.90 Å². The van der Waals surface area contributed by atoms with Crippen LogP contribution in [0.3, 0.4) is 0 Å². The molecule has 0 bridgehead atoms. The van der Waals surface area contributed by atoms with Crippen molar-refractivity contribution in [2.75, 3.05) is 19.7 Å². The van der Waals surface area contributed by atoms with Gasteiger partial charge >= 0.3 is 0 Å². The Morgan fingerprint density at radius 3 is 3.32 bits per heavy atom. The van der Waals surface area contributed by atoms with Gasteiger partial charge in [-0.2, -0.15) is 5.26 Å². The number of nitriles is 1. The number of nitrogens with zero attached hydrogens (tertiary/aromatic N) is 4. The van der Waals surface area contributed by atoms with E-state index in [2.05, 4.69) is 20.9 Å². The van der Waals surface area contributed by atoms with E-state index in [1.807, 2.05) is 11.4 Å². The van der Waals surface area contributed by atoms with Gasteiger partial charge < -0.3 is 4.74 Å². The maximum Gasteiger partial charge on any atom is 0.156 e. The van der Waals surface area contributed by atoms with E-state index < -0.39 is 0 Å². The Morgan fingerprint density at radius 1 is 1.58 bits per heavy atom. The van der Waals surface area contributed by atoms with E-state index in [-0.39, 0.29) is 6.10 Å². The van der Waals surface area contributed by atoms with Crippen LogP contribution in [0.15, 0.2) is 11.4 Å². The van der Waals surface area contributed by atoms with Crippen molar-refractivity contribution < 1.29 is 4.74 Å². The number of hydrogen-bond acceptors (Lipinski definition) is 6. The normalized spacial score (nSPS) is 20.5. The maximum atomic E-state index is 8.88. The predicted octanol–water partition coefficient (Wildman–Crippen LogP) is 2.07. The molecular formula is C12H11ClN4OS. The topological polar surface area (TPSA) is 62.0 Å². The van der Waals surface area contributed by atoms with Crippen molar-refractivity contribution in [1.82, 2.24) is 14.9 Å². The summed E-state index contributed by atoms with van der Waals surface area (Å²) in [5.74, 6) is 0.693. The highest BCUT2D eigenvalue weighted by Gasteiger charge is 2.21. The Morgan fingerprint density at radius 2 is 2.47 bits per heavy atom. The molecule has 1 unspecified atom stereocenters. The second-order valence-corrected chi connectivity index (χ2v) is 5.55. The molecule has 0 saturated carbocycles. The van der Waals surface area contributed by atoms with Crippen LogP contribution in [-0.2, 0) is 11.3 Å². The molecule has 1 saturated heterocycles. The quantitative estimate of drug-likeness (QED) is 0.794. The zero-order valence-corrected chi connectivity index (χ0v) is 11.6. The summed E-state index contributed by atoms with van der Waals surface area (Å²) in [6.07, 6.45) is -0.366. The van der Waals surface area contributed by atoms with Crippen molar-refractivity contribution in [1.29, 1.82) is 5.26 Å². The molecule has 3 heterocycles. The third-order valence-corrected chi connectivity index (χ3v) is 4.08. The van der Waals surface area contributed by atoms with Crippen LogP contribution in [0.4, 0.5) is 0 Å². The second kappa shape index (κ2) is 5.39. The minimum absolute atomic E-state index is 0.366. The van der Waals surface area contributed by atoms with Crippen molar-refractivity contribution in [2.24, 2.45) is 0 Å². The van der Waals surface area contributed by atoms with Crippen LogP contribution in [0.5, 0.6) is 0 Å². The van der Waals surface area contributed by atoms with Gasteiger partial charge in [0.05, 0.1) is 19.2 Å². The lowest BCUT2D eigenvalue weighted by atomic mass is 10.3. The standard InChI is InChI=1S/C12H11ClN4OS/c13-11-9-1-4-19-12(9)16-10(15-11)7-17-2-3-18-8(5-14)6-17/h1,4,8H,2-3,6-7H2. The van der Waals surface area contributed by atoms with Crippen LogP contribution >= 0.6 is 22.9 Å². The minimum Gasteiger partial charge on any atom is -0.361 e. The lowest BCUT2D eigenvalue weighted by molar-refractivity contribution is -0.00354. The summed E-state index contributed by atoms with van der Waals surface area (Å²) in [4.78, 5) is 11.8. The predicted molar refractivity (Wildman–Crippen MR) is 73.1 cm³/mol. The molecule has 2 aromatic heterocycles. The first kappa shape index (κ1) is 12.8. The molecule has 3 rings (SSSR count). The van der Waals surface area contributed by atoms with Crippen LogP contribution in [0.2, 0.25) is 5.15 Å². The summed E-state index contributed by atoms with van der Waals surface area (Å²) in [6.45, 7) is 2.52. The number of halogens is 1. The van der Waals surface area contributed by atoms with Gasteiger partial charge in [0.15, 0.2) is 6.10 Å². The van der Waals surface area contributed by atoms with E-state index in [1.165, 1.54) is 0 Å². The average Bonchev–Trinajstić information content (AvgIpc) is 2.88. The number of hydrogen-bond donors (Lipinski definition) is 0. The van der Waals surface area contributed by atoms with Crippen molar-refractivity contribution in [3.8, 4) is 6.07 Å². The Kier molecular flexibility index (Phi) is 3.62. The lowest BCUT2D eigenvalue weighted by Gasteiger charge is -2.28. The summed E-state index contributed by atoms with van der Waals surface area (Å²) in [6, 6.07) is 4.05. The molecule has 0 N–H and O–H groups in total. The molecule has 1 aliphatic rings. The monoisotopic (exact) mass is 294 g/mol. The van der Waals surface area contributed by atoms with Gasteiger partial charge in [-0.25, -0.2) is 9.97 Å². The lowest BCUT2D eigenvalue weighted by Crippen LogP contribution is -2.41. The van der Waals surface area contributed by atoms with E-state index in [9.17, 15) is 0 Å². The minimum atomic E-state index is -0.366. The Bertz CT molecular complexity index is 638. The van der Waals surface area contributed by atoms with Gasteiger partial charge in [-0.05, 0) is 11.4 Å². The molecule has 0 spiro atoms. The number of aromatic nitrogens is 2. The third kappa shape index (κ3) is 2.69. The SMILES string of the molecule is N#CC1CN(Cc2nc(Cl)c3ccsc3n2)CCO1. The molecule has 0 radical (unpaired) electrons. The molecule has 98 valence electrons. The summed E-state index contributed by atoms with van der Waals surface area (Å²) in [7, 11) is 0. The first-order chi connectivity index (χ1) is 9.26. The molecule has 1 fully saturated rings. The van der Waals surface area contributed by atoms with Crippen LogP contribution < -0.4 is 0 Å². The zero-order chi connectivity index (χ0) is 13.2. The number of rotatable bonds is 2. The van der Waals surface area contributed by atoms with Gasteiger partial charge in [0.2, 0.25) is 0 Å². The Labute approximate surface area is 119 Å². The first-order valence-electron chi connectivity index (χ1n) is 5.89. The third-order valence-electron chi connectivity index (χ3n) is 2.98. The highest BCUT2D eigenvalue weighted by Crippen LogP contribution is 2.25. The van der Waals surface area contributed by atoms with E-state index in [1.54, 1.807) is 11.3 Å². The fourth-order valence-electron chi connectivity index (χ4n) is 2.06. The van der Waals surface area contributed by atoms with Gasteiger partial charge in [0.25, 0.3) is 0 Å². The van der Waals surface area contributed by atoms with Crippen molar-refractivity contribution in [3.05, 3.63) is 22.4 Å². The van der Waals surface area contributed by atoms with Gasteiger partial charge in [0.1, 0.15) is 15.8 Å². The molecule has 0 aliphatic carbocycles. The molecule has 7 heteroatoms. The average molecular weight is 295 g/mol. The van der Waals surface area contributed by atoms with E-state index >= 15 is 0 Å². The summed E-state index contributed by atoms with van der Waals surface area (Å²) in [5.41, 5.74) is 0. The van der Waals surface area contributed by atoms with E-state index in [0.717, 1.165) is 16.8 Å². The summed E-state index contributed by atoms with van der Waals surface area (Å²) >= 11 is 7.69. The largest absolute Gasteiger partial charge is 0.361 e. The van der Waals surface area contributed by atoms with Gasteiger partial charge in [-0.15, -0.1) is 11.3 Å². The molecule has 1 atom stereocenters. The highest BCUT2D eigenvalue weighted by molar-refractivity contribution is 7.16. The summed E-state index contributed by atoms with van der Waals surface area (Å²) in [5, 5.41) is 12.2. The fourth-order valence-corrected chi connectivity index (χ4v) is 3.14.